The van der Waals surface area contributed by atoms with Crippen molar-refractivity contribution in [2.75, 3.05) is 39.6 Å². The molecule has 0 fully saturated rings. The van der Waals surface area contributed by atoms with Gasteiger partial charge < -0.3 is 34.2 Å². The van der Waals surface area contributed by atoms with Gasteiger partial charge in [0.15, 0.2) is 6.10 Å². The third-order valence-electron chi connectivity index (χ3n) is 18.2. The fourth-order valence-electron chi connectivity index (χ4n) is 11.5. The van der Waals surface area contributed by atoms with Gasteiger partial charge in [-0.3, -0.25) is 32.5 Å². The molecule has 18 heteroatoms. The highest BCUT2D eigenvalue weighted by molar-refractivity contribution is 7.47. The van der Waals surface area contributed by atoms with Gasteiger partial charge in [-0.2, -0.15) is 0 Å². The number of carbonyl (C=O) groups excluding carboxylic acids is 3. The number of phosphoric acid groups is 2. The number of hydrogen-bond acceptors (Lipinski definition) is 14. The van der Waals surface area contributed by atoms with Crippen LogP contribution in [-0.4, -0.2) is 95.9 Å². The molecular formula is C99H160O16P2. The second-order valence-corrected chi connectivity index (χ2v) is 32.2. The minimum Gasteiger partial charge on any atom is -0.463 e. The first-order chi connectivity index (χ1) is 57.2. The molecule has 117 heavy (non-hydrogen) atoms. The third-order valence-corrected chi connectivity index (χ3v) is 20.1. The minimum atomic E-state index is -4.96. The zero-order chi connectivity index (χ0) is 85.1. The Morgan fingerprint density at radius 3 is 0.675 bits per heavy atom. The largest absolute Gasteiger partial charge is 0.472 e. The lowest BCUT2D eigenvalue weighted by molar-refractivity contribution is -0.161. The van der Waals surface area contributed by atoms with Crippen LogP contribution < -0.4 is 0 Å². The van der Waals surface area contributed by atoms with Crippen molar-refractivity contribution in [2.24, 2.45) is 0 Å². The number of carbonyl (C=O) groups is 3. The second kappa shape index (κ2) is 89.1. The number of hydrogen-bond donors (Lipinski definition) is 4. The molecule has 0 aromatic heterocycles. The number of aliphatic hydroxyl groups is 2. The molecule has 0 amide bonds. The molecule has 0 saturated carbocycles. The van der Waals surface area contributed by atoms with E-state index < -0.39 is 91.5 Å². The first kappa shape index (κ1) is 111. The molecule has 5 unspecified atom stereocenters. The average Bonchev–Trinajstić information content (AvgIpc) is 0.904. The summed E-state index contributed by atoms with van der Waals surface area (Å²) < 4.78 is 61.5. The van der Waals surface area contributed by atoms with E-state index in [-0.39, 0.29) is 19.3 Å². The predicted molar refractivity (Wildman–Crippen MR) is 490 cm³/mol. The van der Waals surface area contributed by atoms with Crippen LogP contribution in [0.25, 0.3) is 0 Å². The fraction of sp³-hybridized carbons (Fsp3) is 0.606. The predicted octanol–water partition coefficient (Wildman–Crippen LogP) is 27.8. The number of phosphoric ester groups is 2. The highest BCUT2D eigenvalue weighted by atomic mass is 31.2. The van der Waals surface area contributed by atoms with Gasteiger partial charge >= 0.3 is 33.6 Å². The quantitative estimate of drug-likeness (QED) is 0.0146. The Hall–Kier alpha value is -6.13. The molecule has 0 aliphatic heterocycles. The Kier molecular flexibility index (Phi) is 84.5. The molecule has 0 radical (unpaired) electrons. The van der Waals surface area contributed by atoms with E-state index in [4.69, 9.17) is 32.3 Å². The van der Waals surface area contributed by atoms with Crippen molar-refractivity contribution in [1.82, 2.24) is 0 Å². The topological polar surface area (TPSA) is 231 Å². The van der Waals surface area contributed by atoms with E-state index in [2.05, 4.69) is 240 Å². The Labute approximate surface area is 711 Å². The molecule has 0 bridgehead atoms. The maximum atomic E-state index is 13.1. The van der Waals surface area contributed by atoms with Gasteiger partial charge in [0, 0.05) is 19.3 Å². The van der Waals surface area contributed by atoms with Gasteiger partial charge in [0.2, 0.25) is 0 Å². The summed E-state index contributed by atoms with van der Waals surface area (Å²) in [7, 11) is -9.83. The monoisotopic (exact) mass is 1670 g/mol. The molecule has 16 nitrogen and oxygen atoms in total. The minimum absolute atomic E-state index is 0.0760. The Balaban J connectivity index is 4.72. The van der Waals surface area contributed by atoms with Gasteiger partial charge in [-0.15, -0.1) is 0 Å². The zero-order valence-corrected chi connectivity index (χ0v) is 74.6. The van der Waals surface area contributed by atoms with E-state index in [0.717, 1.165) is 231 Å². The van der Waals surface area contributed by atoms with E-state index in [1.165, 1.54) is 38.5 Å². The highest BCUT2D eigenvalue weighted by Crippen LogP contribution is 2.45. The summed E-state index contributed by atoms with van der Waals surface area (Å²) in [5, 5.41) is 20.7. The van der Waals surface area contributed by atoms with E-state index >= 15 is 0 Å². The van der Waals surface area contributed by atoms with Crippen LogP contribution in [0.4, 0.5) is 0 Å². The fourth-order valence-corrected chi connectivity index (χ4v) is 13.0. The SMILES string of the molecule is CC/C=C\C/C=C\C/C=C\C/C=C\C/C=C\C/C=C\CCCCCCCCCCCCC(=O)OCC(O)COP(=O)(O)OCC(O)COP(=O)(O)OCC(COC(=O)CCCCCCCCCC/C=C\C/C=C\C/C=C\C/C=C\C/C=C\C/C=C\CC)OC(=O)CCCCCCCC/C=C\C/C=C\C/C=C\C/C=C\C/C=C\C/C=C\CC. The average molecular weight is 1670 g/mol. The van der Waals surface area contributed by atoms with Gasteiger partial charge in [0.1, 0.15) is 25.4 Å². The van der Waals surface area contributed by atoms with Crippen LogP contribution in [0.1, 0.15) is 329 Å². The van der Waals surface area contributed by atoms with Crippen LogP contribution in [0, 0.1) is 0 Å². The number of ether oxygens (including phenoxy) is 3. The van der Waals surface area contributed by atoms with Crippen LogP contribution in [-0.2, 0) is 55.8 Å². The smallest absolute Gasteiger partial charge is 0.463 e. The van der Waals surface area contributed by atoms with Gasteiger partial charge in [-0.1, -0.05) is 355 Å². The lowest BCUT2D eigenvalue weighted by Crippen LogP contribution is -2.30. The molecule has 0 aromatic carbocycles. The molecule has 0 aliphatic rings. The van der Waals surface area contributed by atoms with Gasteiger partial charge in [-0.05, 0) is 173 Å². The van der Waals surface area contributed by atoms with Crippen molar-refractivity contribution in [1.29, 1.82) is 0 Å². The highest BCUT2D eigenvalue weighted by Gasteiger charge is 2.29. The number of allylic oxidation sites excluding steroid dienone is 36. The van der Waals surface area contributed by atoms with E-state index in [1.807, 2.05) is 0 Å². The standard InChI is InChI=1S/C99H160O16P2/c1-4-7-10-13-16-19-22-25-28-31-34-37-40-43-45-46-48-51-52-55-58-61-64-67-70-73-76-79-82-85-97(102)109-88-94(100)89-111-116(105,106)112-90-95(101)91-113-117(107,108)114-93-96(115-99(104)87-84-81-78-75-72-69-66-63-60-57-54-49-42-39-36-33-30-27-24-21-18-15-12-9-6-3)92-110-98(103)86-83-80-77-74-71-68-65-62-59-56-53-50-47-44-41-38-35-32-29-26-23-20-17-14-11-8-5-2/h7-12,16-21,25-30,34-39,43-45,47-49,51,53-54,56,60,63,94-96,100-101H,4-6,13-15,22-24,31-33,40-42,46,50,52,55,57-59,61-62,64-93H2,1-3H3,(H,105,106)(H,107,108)/b10-7-,11-8-,12-9-,19-16-,20-17-,21-18-,28-25-,29-26-,30-27-,37-34-,38-35-,39-36-,45-43-,47-44-,51-48-,54-49-,56-53-,63-60-. The molecule has 0 heterocycles. The number of esters is 3. The van der Waals surface area contributed by atoms with Crippen molar-refractivity contribution in [3.05, 3.63) is 219 Å². The summed E-state index contributed by atoms with van der Waals surface area (Å²) in [5.41, 5.74) is 0. The van der Waals surface area contributed by atoms with Crippen LogP contribution in [0.5, 0.6) is 0 Å². The van der Waals surface area contributed by atoms with E-state index in [9.17, 15) is 43.5 Å². The summed E-state index contributed by atoms with van der Waals surface area (Å²) in [4.78, 5) is 59.0. The molecular weight excluding hydrogens is 1510 g/mol. The van der Waals surface area contributed by atoms with Crippen LogP contribution in [0.2, 0.25) is 0 Å². The molecule has 0 saturated heterocycles. The lowest BCUT2D eigenvalue weighted by atomic mass is 10.1. The maximum Gasteiger partial charge on any atom is 0.472 e. The summed E-state index contributed by atoms with van der Waals surface area (Å²) in [6, 6.07) is 0. The van der Waals surface area contributed by atoms with Crippen molar-refractivity contribution < 1.29 is 75.8 Å². The van der Waals surface area contributed by atoms with Crippen LogP contribution >= 0.6 is 15.6 Å². The van der Waals surface area contributed by atoms with Gasteiger partial charge in [0.25, 0.3) is 0 Å². The van der Waals surface area contributed by atoms with Crippen LogP contribution in [0.3, 0.4) is 0 Å². The molecule has 0 rings (SSSR count). The number of aliphatic hydroxyl groups excluding tert-OH is 2. The Morgan fingerprint density at radius 1 is 0.239 bits per heavy atom. The van der Waals surface area contributed by atoms with E-state index in [0.29, 0.717) is 19.3 Å². The van der Waals surface area contributed by atoms with Crippen molar-refractivity contribution in [2.45, 2.75) is 347 Å². The first-order valence-corrected chi connectivity index (χ1v) is 48.0. The molecule has 0 aromatic rings. The maximum absolute atomic E-state index is 13.1. The molecule has 0 aliphatic carbocycles. The molecule has 4 N–H and O–H groups in total. The zero-order valence-electron chi connectivity index (χ0n) is 72.8. The van der Waals surface area contributed by atoms with Crippen LogP contribution in [0.15, 0.2) is 219 Å². The summed E-state index contributed by atoms with van der Waals surface area (Å²) >= 11 is 0. The first-order valence-electron chi connectivity index (χ1n) is 45.0. The molecule has 662 valence electrons. The third kappa shape index (κ3) is 90.5. The van der Waals surface area contributed by atoms with Gasteiger partial charge in [-0.25, -0.2) is 9.13 Å². The van der Waals surface area contributed by atoms with Crippen molar-refractivity contribution in [3.63, 3.8) is 0 Å². The normalized spacial score (nSPS) is 14.8. The van der Waals surface area contributed by atoms with Gasteiger partial charge in [0.05, 0.1) is 26.4 Å². The number of rotatable bonds is 83. The lowest BCUT2D eigenvalue weighted by Gasteiger charge is -2.21. The second-order valence-electron chi connectivity index (χ2n) is 29.3. The summed E-state index contributed by atoms with van der Waals surface area (Å²) in [6.45, 7) is 2.31. The Morgan fingerprint density at radius 2 is 0.427 bits per heavy atom. The van der Waals surface area contributed by atoms with Crippen molar-refractivity contribution >= 4 is 33.6 Å². The number of unbranched alkanes of at least 4 members (excludes halogenated alkanes) is 24. The molecule has 0 spiro atoms. The van der Waals surface area contributed by atoms with E-state index in [1.54, 1.807) is 0 Å². The summed E-state index contributed by atoms with van der Waals surface area (Å²) in [5.74, 6) is -1.61. The Bertz CT molecular complexity index is 3010. The molecule has 5 atom stereocenters. The summed E-state index contributed by atoms with van der Waals surface area (Å²) in [6.07, 6.45) is 121. The van der Waals surface area contributed by atoms with Crippen molar-refractivity contribution in [3.8, 4) is 0 Å².